The lowest BCUT2D eigenvalue weighted by Crippen LogP contribution is -2.43. The molecule has 5 rings (SSSR count). The predicted molar refractivity (Wildman–Crippen MR) is 118 cm³/mol. The van der Waals surface area contributed by atoms with Gasteiger partial charge in [-0.25, -0.2) is 0 Å². The highest BCUT2D eigenvalue weighted by Crippen LogP contribution is 2.37. The van der Waals surface area contributed by atoms with Gasteiger partial charge in [0.15, 0.2) is 0 Å². The van der Waals surface area contributed by atoms with Gasteiger partial charge in [-0.3, -0.25) is 19.5 Å². The van der Waals surface area contributed by atoms with E-state index >= 15 is 0 Å². The number of fused-ring (bicyclic) bond motifs is 1. The molecule has 9 heteroatoms. The van der Waals surface area contributed by atoms with Crippen molar-refractivity contribution >= 4 is 23.0 Å². The van der Waals surface area contributed by atoms with Crippen molar-refractivity contribution in [2.24, 2.45) is 4.99 Å². The molecule has 2 aliphatic rings. The van der Waals surface area contributed by atoms with Crippen molar-refractivity contribution in [3.63, 3.8) is 0 Å². The van der Waals surface area contributed by atoms with Gasteiger partial charge in [-0.05, 0) is 49.8 Å². The maximum absolute atomic E-state index is 13.5. The summed E-state index contributed by atoms with van der Waals surface area (Å²) in [6.07, 6.45) is 1.30. The van der Waals surface area contributed by atoms with Crippen LogP contribution in [-0.4, -0.2) is 32.9 Å². The van der Waals surface area contributed by atoms with E-state index in [4.69, 9.17) is 4.99 Å². The maximum atomic E-state index is 13.5. The molecule has 0 aliphatic carbocycles. The molecule has 6 nitrogen and oxygen atoms in total. The van der Waals surface area contributed by atoms with E-state index in [0.717, 1.165) is 29.0 Å². The third-order valence-electron chi connectivity index (χ3n) is 5.95. The summed E-state index contributed by atoms with van der Waals surface area (Å²) >= 11 is 0. The molecule has 168 valence electrons. The van der Waals surface area contributed by atoms with Gasteiger partial charge in [-0.1, -0.05) is 6.07 Å². The number of anilines is 1. The molecule has 0 saturated carbocycles. The molecule has 0 fully saturated rings. The van der Waals surface area contributed by atoms with Crippen LogP contribution in [0.4, 0.5) is 18.9 Å². The van der Waals surface area contributed by atoms with Crippen LogP contribution in [0.1, 0.15) is 53.5 Å². The lowest BCUT2D eigenvalue weighted by molar-refractivity contribution is -0.137. The number of carbonyl (C=O) groups is 1. The highest BCUT2D eigenvalue weighted by Gasteiger charge is 2.36. The van der Waals surface area contributed by atoms with Crippen LogP contribution in [0.15, 0.2) is 65.6 Å². The number of alkyl halides is 3. The van der Waals surface area contributed by atoms with Crippen molar-refractivity contribution in [3.05, 3.63) is 82.9 Å². The van der Waals surface area contributed by atoms with Gasteiger partial charge in [0.25, 0.3) is 5.91 Å². The number of nitrogens with zero attached hydrogens (tertiary/aromatic N) is 5. The minimum Gasteiger partial charge on any atom is -0.305 e. The first-order chi connectivity index (χ1) is 15.7. The third kappa shape index (κ3) is 3.63. The van der Waals surface area contributed by atoms with Gasteiger partial charge in [-0.2, -0.15) is 18.3 Å². The molecule has 2 aliphatic heterocycles. The first-order valence-corrected chi connectivity index (χ1v) is 10.5. The number of pyridine rings is 1. The Labute approximate surface area is 188 Å². The van der Waals surface area contributed by atoms with Crippen LogP contribution in [0.2, 0.25) is 0 Å². The number of carbonyl (C=O) groups excluding carboxylic acids is 1. The molecule has 3 aromatic rings. The van der Waals surface area contributed by atoms with Crippen LogP contribution in [0.5, 0.6) is 0 Å². The molecule has 0 bridgehead atoms. The molecule has 4 heterocycles. The number of hydrogen-bond donors (Lipinski definition) is 0. The number of amides is 1. The molecule has 0 radical (unpaired) electrons. The van der Waals surface area contributed by atoms with E-state index in [0.29, 0.717) is 35.6 Å². The first-order valence-electron chi connectivity index (χ1n) is 10.5. The van der Waals surface area contributed by atoms with Crippen LogP contribution < -0.4 is 4.90 Å². The van der Waals surface area contributed by atoms with Gasteiger partial charge in [0, 0.05) is 36.6 Å². The summed E-state index contributed by atoms with van der Waals surface area (Å²) in [6.45, 7) is 4.20. The van der Waals surface area contributed by atoms with Crippen molar-refractivity contribution in [3.8, 4) is 0 Å². The lowest BCUT2D eigenvalue weighted by atomic mass is 10.0. The number of aliphatic imine (C=N–C) groups is 1. The SMILES string of the molecule is CC1=C(c2cnn3c2C(=O)N(c2ccc(C(F)(F)F)cc2)C[C@@H]3C)N=C(c2cccnc2)C1. The largest absolute Gasteiger partial charge is 0.416 e. The second-order valence-electron chi connectivity index (χ2n) is 8.27. The number of allylic oxidation sites excluding steroid dienone is 1. The Hall–Kier alpha value is -3.75. The quantitative estimate of drug-likeness (QED) is 0.554. The van der Waals surface area contributed by atoms with Crippen molar-refractivity contribution in [1.82, 2.24) is 14.8 Å². The van der Waals surface area contributed by atoms with Crippen molar-refractivity contribution in [1.29, 1.82) is 0 Å². The Morgan fingerprint density at radius 2 is 1.85 bits per heavy atom. The van der Waals surface area contributed by atoms with E-state index in [2.05, 4.69) is 10.1 Å². The molecule has 0 saturated heterocycles. The second kappa shape index (κ2) is 7.68. The van der Waals surface area contributed by atoms with Crippen molar-refractivity contribution in [2.75, 3.05) is 11.4 Å². The molecule has 2 aromatic heterocycles. The smallest absolute Gasteiger partial charge is 0.305 e. The highest BCUT2D eigenvalue weighted by atomic mass is 19.4. The van der Waals surface area contributed by atoms with Crippen LogP contribution >= 0.6 is 0 Å². The molecule has 0 unspecified atom stereocenters. The Morgan fingerprint density at radius 1 is 1.09 bits per heavy atom. The Bertz CT molecular complexity index is 1290. The van der Waals surface area contributed by atoms with E-state index in [1.165, 1.54) is 17.0 Å². The lowest BCUT2D eigenvalue weighted by Gasteiger charge is -2.32. The predicted octanol–water partition coefficient (Wildman–Crippen LogP) is 5.14. The summed E-state index contributed by atoms with van der Waals surface area (Å²) in [6, 6.07) is 8.28. The van der Waals surface area contributed by atoms with E-state index < -0.39 is 11.7 Å². The number of halogens is 3. The fraction of sp³-hybridized carbons (Fsp3) is 0.250. The van der Waals surface area contributed by atoms with E-state index in [1.807, 2.05) is 26.0 Å². The number of benzene rings is 1. The van der Waals surface area contributed by atoms with E-state index in [1.54, 1.807) is 23.3 Å². The van der Waals surface area contributed by atoms with Gasteiger partial charge >= 0.3 is 6.18 Å². The number of hydrogen-bond acceptors (Lipinski definition) is 4. The molecule has 1 amide bonds. The average Bonchev–Trinajstić information content (AvgIpc) is 3.40. The summed E-state index contributed by atoms with van der Waals surface area (Å²) in [5.74, 6) is -0.314. The molecule has 33 heavy (non-hydrogen) atoms. The monoisotopic (exact) mass is 451 g/mol. The van der Waals surface area contributed by atoms with Crippen molar-refractivity contribution < 1.29 is 18.0 Å². The average molecular weight is 451 g/mol. The number of aromatic nitrogens is 3. The summed E-state index contributed by atoms with van der Waals surface area (Å²) < 4.78 is 40.6. The Morgan fingerprint density at radius 3 is 2.52 bits per heavy atom. The first kappa shape index (κ1) is 21.1. The summed E-state index contributed by atoms with van der Waals surface area (Å²) in [7, 11) is 0. The molecule has 1 aromatic carbocycles. The van der Waals surface area contributed by atoms with Gasteiger partial charge < -0.3 is 4.90 Å². The van der Waals surface area contributed by atoms with Gasteiger partial charge in [0.05, 0.1) is 34.8 Å². The minimum absolute atomic E-state index is 0.155. The third-order valence-corrected chi connectivity index (χ3v) is 5.95. The topological polar surface area (TPSA) is 63.4 Å². The van der Waals surface area contributed by atoms with Crippen molar-refractivity contribution in [2.45, 2.75) is 32.5 Å². The van der Waals surface area contributed by atoms with Crippen LogP contribution in [0.25, 0.3) is 5.70 Å². The van der Waals surface area contributed by atoms with E-state index in [9.17, 15) is 18.0 Å². The number of rotatable bonds is 3. The fourth-order valence-corrected chi connectivity index (χ4v) is 4.28. The Kier molecular flexibility index (Phi) is 4.92. The van der Waals surface area contributed by atoms with Crippen LogP contribution in [0, 0.1) is 0 Å². The van der Waals surface area contributed by atoms with Crippen LogP contribution in [-0.2, 0) is 6.18 Å². The summed E-state index contributed by atoms with van der Waals surface area (Å²) in [4.78, 5) is 24.0. The zero-order chi connectivity index (χ0) is 23.3. The standard InChI is InChI=1S/C24H20F3N5O/c1-14-10-20(16-4-3-9-28-11-16)30-21(14)19-12-29-32-15(2)13-31(23(33)22(19)32)18-7-5-17(6-8-18)24(25,26)27/h3-9,11-12,15H,10,13H2,1-2H3/t15-/m0/s1. The molecular formula is C24H20F3N5O. The normalized spacial score (nSPS) is 18.6. The molecule has 0 N–H and O–H groups in total. The molecule has 0 spiro atoms. The van der Waals surface area contributed by atoms with Crippen LogP contribution in [0.3, 0.4) is 0 Å². The van der Waals surface area contributed by atoms with Gasteiger partial charge in [0.1, 0.15) is 5.69 Å². The maximum Gasteiger partial charge on any atom is 0.416 e. The highest BCUT2D eigenvalue weighted by molar-refractivity contribution is 6.12. The zero-order valence-electron chi connectivity index (χ0n) is 18.0. The van der Waals surface area contributed by atoms with Gasteiger partial charge in [0.2, 0.25) is 0 Å². The summed E-state index contributed by atoms with van der Waals surface area (Å²) in [5.41, 5.74) is 4.17. The molecule has 1 atom stereocenters. The second-order valence-corrected chi connectivity index (χ2v) is 8.27. The fourth-order valence-electron chi connectivity index (χ4n) is 4.28. The summed E-state index contributed by atoms with van der Waals surface area (Å²) in [5, 5.41) is 4.44. The van der Waals surface area contributed by atoms with E-state index in [-0.39, 0.29) is 11.9 Å². The molecular weight excluding hydrogens is 431 g/mol. The zero-order valence-corrected chi connectivity index (χ0v) is 18.0. The van der Waals surface area contributed by atoms with Gasteiger partial charge in [-0.15, -0.1) is 0 Å². The Balaban J connectivity index is 1.52. The minimum atomic E-state index is -4.43.